The Labute approximate surface area is 123 Å². The Balaban J connectivity index is 2.16. The second-order valence-electron chi connectivity index (χ2n) is 4.51. The zero-order valence-corrected chi connectivity index (χ0v) is 12.3. The molecule has 0 amide bonds. The van der Waals surface area contributed by atoms with Crippen molar-refractivity contribution in [2.75, 3.05) is 5.73 Å². The number of halogens is 2. The SMILES string of the molecule is Cc1cc(Cl)cc(C)c1OCc1ccc(Cl)c(N)c1. The Morgan fingerprint density at radius 1 is 1.05 bits per heavy atom. The predicted molar refractivity (Wildman–Crippen MR) is 81.1 cm³/mol. The molecule has 0 atom stereocenters. The normalized spacial score (nSPS) is 10.5. The molecule has 0 aliphatic heterocycles. The highest BCUT2D eigenvalue weighted by Gasteiger charge is 2.06. The van der Waals surface area contributed by atoms with Gasteiger partial charge in [0.25, 0.3) is 0 Å². The van der Waals surface area contributed by atoms with Crippen molar-refractivity contribution in [3.8, 4) is 5.75 Å². The molecule has 2 aromatic rings. The van der Waals surface area contributed by atoms with E-state index in [9.17, 15) is 0 Å². The Morgan fingerprint density at radius 3 is 2.26 bits per heavy atom. The molecule has 2 rings (SSSR count). The molecule has 0 heterocycles. The number of anilines is 1. The highest BCUT2D eigenvalue weighted by molar-refractivity contribution is 6.33. The third-order valence-electron chi connectivity index (χ3n) is 2.87. The van der Waals surface area contributed by atoms with Crippen LogP contribution in [-0.2, 0) is 6.61 Å². The van der Waals surface area contributed by atoms with E-state index in [1.165, 1.54) is 0 Å². The van der Waals surface area contributed by atoms with Gasteiger partial charge in [-0.3, -0.25) is 0 Å². The molecule has 0 aliphatic rings. The summed E-state index contributed by atoms with van der Waals surface area (Å²) in [7, 11) is 0. The van der Waals surface area contributed by atoms with Crippen LogP contribution in [0.4, 0.5) is 5.69 Å². The van der Waals surface area contributed by atoms with E-state index in [1.807, 2.05) is 38.1 Å². The largest absolute Gasteiger partial charge is 0.488 e. The van der Waals surface area contributed by atoms with E-state index >= 15 is 0 Å². The molecular weight excluding hydrogens is 281 g/mol. The van der Waals surface area contributed by atoms with E-state index in [0.29, 0.717) is 17.3 Å². The molecule has 0 radical (unpaired) electrons. The van der Waals surface area contributed by atoms with Gasteiger partial charge in [0, 0.05) is 5.02 Å². The molecule has 0 aliphatic carbocycles. The van der Waals surface area contributed by atoms with Gasteiger partial charge >= 0.3 is 0 Å². The smallest absolute Gasteiger partial charge is 0.125 e. The molecule has 0 saturated carbocycles. The summed E-state index contributed by atoms with van der Waals surface area (Å²) in [6.45, 7) is 4.40. The Bertz CT molecular complexity index is 588. The van der Waals surface area contributed by atoms with Crippen LogP contribution in [0.25, 0.3) is 0 Å². The highest BCUT2D eigenvalue weighted by Crippen LogP contribution is 2.28. The van der Waals surface area contributed by atoms with Crippen LogP contribution in [0.1, 0.15) is 16.7 Å². The van der Waals surface area contributed by atoms with Crippen LogP contribution in [0.2, 0.25) is 10.0 Å². The second kappa shape index (κ2) is 5.72. The van der Waals surface area contributed by atoms with Crippen LogP contribution < -0.4 is 10.5 Å². The molecule has 2 nitrogen and oxygen atoms in total. The monoisotopic (exact) mass is 295 g/mol. The number of nitrogens with two attached hydrogens (primary N) is 1. The zero-order valence-electron chi connectivity index (χ0n) is 10.8. The number of hydrogen-bond donors (Lipinski definition) is 1. The van der Waals surface area contributed by atoms with Crippen molar-refractivity contribution in [2.45, 2.75) is 20.5 Å². The molecule has 2 aromatic carbocycles. The molecule has 0 unspecified atom stereocenters. The summed E-state index contributed by atoms with van der Waals surface area (Å²) in [5.41, 5.74) is 9.35. The number of aryl methyl sites for hydroxylation is 2. The van der Waals surface area contributed by atoms with E-state index in [4.69, 9.17) is 33.7 Å². The number of ether oxygens (including phenoxy) is 1. The molecule has 0 fully saturated rings. The van der Waals surface area contributed by atoms with Crippen LogP contribution >= 0.6 is 23.2 Å². The average Bonchev–Trinajstić information content (AvgIpc) is 2.32. The van der Waals surface area contributed by atoms with Gasteiger partial charge in [-0.1, -0.05) is 29.3 Å². The fourth-order valence-electron chi connectivity index (χ4n) is 1.96. The molecule has 100 valence electrons. The average molecular weight is 296 g/mol. The minimum absolute atomic E-state index is 0.449. The van der Waals surface area contributed by atoms with E-state index in [-0.39, 0.29) is 0 Å². The standard InChI is InChI=1S/C15H15Cl2NO/c1-9-5-12(16)6-10(2)15(9)19-8-11-3-4-13(17)14(18)7-11/h3-7H,8,18H2,1-2H3. The van der Waals surface area contributed by atoms with Crippen LogP contribution in [0.5, 0.6) is 5.75 Å². The van der Waals surface area contributed by atoms with Crippen molar-refractivity contribution >= 4 is 28.9 Å². The van der Waals surface area contributed by atoms with E-state index in [0.717, 1.165) is 27.5 Å². The molecule has 0 spiro atoms. The van der Waals surface area contributed by atoms with Crippen molar-refractivity contribution in [2.24, 2.45) is 0 Å². The first kappa shape index (κ1) is 14.0. The summed E-state index contributed by atoms with van der Waals surface area (Å²) in [6.07, 6.45) is 0. The number of benzene rings is 2. The fraction of sp³-hybridized carbons (Fsp3) is 0.200. The number of nitrogen functional groups attached to an aromatic ring is 1. The quantitative estimate of drug-likeness (QED) is 0.828. The van der Waals surface area contributed by atoms with Gasteiger partial charge in [0.15, 0.2) is 0 Å². The first-order valence-electron chi connectivity index (χ1n) is 5.91. The van der Waals surface area contributed by atoms with Crippen molar-refractivity contribution < 1.29 is 4.74 Å². The minimum atomic E-state index is 0.449. The van der Waals surface area contributed by atoms with Gasteiger partial charge in [0.05, 0.1) is 10.7 Å². The summed E-state index contributed by atoms with van der Waals surface area (Å²) in [5, 5.41) is 1.28. The third-order valence-corrected chi connectivity index (χ3v) is 3.43. The maximum absolute atomic E-state index is 5.99. The molecule has 2 N–H and O–H groups in total. The first-order valence-corrected chi connectivity index (χ1v) is 6.66. The lowest BCUT2D eigenvalue weighted by molar-refractivity contribution is 0.302. The van der Waals surface area contributed by atoms with Gasteiger partial charge in [-0.2, -0.15) is 0 Å². The number of hydrogen-bond acceptors (Lipinski definition) is 2. The fourth-order valence-corrected chi connectivity index (χ4v) is 2.41. The van der Waals surface area contributed by atoms with Gasteiger partial charge < -0.3 is 10.5 Å². The summed E-state index contributed by atoms with van der Waals surface area (Å²) in [5.74, 6) is 0.859. The third kappa shape index (κ3) is 3.34. The highest BCUT2D eigenvalue weighted by atomic mass is 35.5. The predicted octanol–water partition coefficient (Wildman–Crippen LogP) is 4.77. The van der Waals surface area contributed by atoms with Crippen molar-refractivity contribution in [3.05, 3.63) is 57.1 Å². The lowest BCUT2D eigenvalue weighted by Crippen LogP contribution is -2.00. The van der Waals surface area contributed by atoms with Crippen LogP contribution in [0.3, 0.4) is 0 Å². The van der Waals surface area contributed by atoms with Crippen LogP contribution in [0.15, 0.2) is 30.3 Å². The van der Waals surface area contributed by atoms with Crippen molar-refractivity contribution in [1.29, 1.82) is 0 Å². The van der Waals surface area contributed by atoms with Gasteiger partial charge in [-0.15, -0.1) is 0 Å². The molecule has 0 saturated heterocycles. The van der Waals surface area contributed by atoms with Crippen molar-refractivity contribution in [3.63, 3.8) is 0 Å². The van der Waals surface area contributed by atoms with Gasteiger partial charge in [-0.05, 0) is 54.8 Å². The summed E-state index contributed by atoms with van der Waals surface area (Å²) >= 11 is 11.9. The van der Waals surface area contributed by atoms with Crippen LogP contribution in [0, 0.1) is 13.8 Å². The minimum Gasteiger partial charge on any atom is -0.488 e. The topological polar surface area (TPSA) is 35.2 Å². The molecule has 0 bridgehead atoms. The Kier molecular flexibility index (Phi) is 4.23. The first-order chi connectivity index (χ1) is 8.97. The van der Waals surface area contributed by atoms with E-state index in [1.54, 1.807) is 6.07 Å². The van der Waals surface area contributed by atoms with E-state index < -0.39 is 0 Å². The molecular formula is C15H15Cl2NO. The van der Waals surface area contributed by atoms with Gasteiger partial charge in [0.1, 0.15) is 12.4 Å². The van der Waals surface area contributed by atoms with E-state index in [2.05, 4.69) is 0 Å². The maximum atomic E-state index is 5.99. The lowest BCUT2D eigenvalue weighted by atomic mass is 10.1. The van der Waals surface area contributed by atoms with Gasteiger partial charge in [0.2, 0.25) is 0 Å². The maximum Gasteiger partial charge on any atom is 0.125 e. The zero-order chi connectivity index (χ0) is 14.0. The number of rotatable bonds is 3. The second-order valence-corrected chi connectivity index (χ2v) is 5.36. The summed E-state index contributed by atoms with van der Waals surface area (Å²) in [6, 6.07) is 9.28. The lowest BCUT2D eigenvalue weighted by Gasteiger charge is -2.13. The Morgan fingerprint density at radius 2 is 1.68 bits per heavy atom. The molecule has 4 heteroatoms. The molecule has 0 aromatic heterocycles. The Hall–Kier alpha value is -1.38. The van der Waals surface area contributed by atoms with Crippen LogP contribution in [-0.4, -0.2) is 0 Å². The van der Waals surface area contributed by atoms with Gasteiger partial charge in [-0.25, -0.2) is 0 Å². The summed E-state index contributed by atoms with van der Waals surface area (Å²) in [4.78, 5) is 0. The van der Waals surface area contributed by atoms with Crippen molar-refractivity contribution in [1.82, 2.24) is 0 Å². The molecule has 19 heavy (non-hydrogen) atoms. The summed E-state index contributed by atoms with van der Waals surface area (Å²) < 4.78 is 5.85.